The fraction of sp³-hybridized carbons (Fsp3) is 0.462. The largest absolute Gasteiger partial charge is 0.381 e. The number of nitrogens with zero attached hydrogens (tertiary/aromatic N) is 1. The predicted molar refractivity (Wildman–Crippen MR) is 81.3 cm³/mol. The number of aromatic nitrogens is 3. The number of hydrogen-bond acceptors (Lipinski definition) is 5. The highest BCUT2D eigenvalue weighted by atomic mass is 35.5. The number of hydrogen-bond donors (Lipinski definition) is 2. The minimum absolute atomic E-state index is 0.114. The number of ether oxygens (including phenoxy) is 1. The van der Waals surface area contributed by atoms with Gasteiger partial charge in [-0.2, -0.15) is 0 Å². The van der Waals surface area contributed by atoms with Gasteiger partial charge >= 0.3 is 4.87 Å². The number of H-pyrrole nitrogens is 2. The average molecular weight is 328 g/mol. The Balaban J connectivity index is 2.11. The number of rotatable bonds is 2. The Morgan fingerprint density at radius 1 is 1.29 bits per heavy atom. The first-order valence-corrected chi connectivity index (χ1v) is 7.83. The van der Waals surface area contributed by atoms with Crippen molar-refractivity contribution in [1.29, 1.82) is 0 Å². The fourth-order valence-corrected chi connectivity index (χ4v) is 3.49. The van der Waals surface area contributed by atoms with Crippen molar-refractivity contribution in [2.24, 2.45) is 0 Å². The Labute approximate surface area is 129 Å². The summed E-state index contributed by atoms with van der Waals surface area (Å²) in [6.07, 6.45) is 1.58. The zero-order chi connectivity index (χ0) is 15.0. The highest BCUT2D eigenvalue weighted by Gasteiger charge is 2.23. The molecular formula is C13H14ClN3O3S. The lowest BCUT2D eigenvalue weighted by molar-refractivity contribution is 0.0845. The van der Waals surface area contributed by atoms with E-state index in [-0.39, 0.29) is 21.4 Å². The highest BCUT2D eigenvalue weighted by molar-refractivity contribution is 7.12. The fourth-order valence-electron chi connectivity index (χ4n) is 2.46. The second kappa shape index (κ2) is 5.75. The molecule has 3 rings (SSSR count). The van der Waals surface area contributed by atoms with E-state index in [4.69, 9.17) is 16.3 Å². The molecular weight excluding hydrogens is 314 g/mol. The number of thiazole rings is 1. The molecule has 1 aliphatic rings. The molecule has 21 heavy (non-hydrogen) atoms. The van der Waals surface area contributed by atoms with Gasteiger partial charge in [-0.15, -0.1) is 0 Å². The zero-order valence-electron chi connectivity index (χ0n) is 11.4. The third-order valence-corrected chi connectivity index (χ3v) is 4.89. The number of nitrogens with one attached hydrogen (secondary N) is 2. The molecule has 3 heterocycles. The van der Waals surface area contributed by atoms with E-state index < -0.39 is 0 Å². The molecule has 0 atom stereocenters. The van der Waals surface area contributed by atoms with Crippen LogP contribution in [0.1, 0.15) is 30.1 Å². The van der Waals surface area contributed by atoms with Gasteiger partial charge in [0, 0.05) is 24.8 Å². The van der Waals surface area contributed by atoms with Crippen molar-refractivity contribution in [3.05, 3.63) is 36.4 Å². The van der Waals surface area contributed by atoms with Crippen LogP contribution in [0.3, 0.4) is 0 Å². The van der Waals surface area contributed by atoms with E-state index in [0.717, 1.165) is 24.2 Å². The van der Waals surface area contributed by atoms with Crippen molar-refractivity contribution in [2.45, 2.75) is 25.7 Å². The lowest BCUT2D eigenvalue weighted by Gasteiger charge is -2.22. The molecule has 2 aromatic rings. The van der Waals surface area contributed by atoms with E-state index >= 15 is 0 Å². The van der Waals surface area contributed by atoms with Crippen LogP contribution < -0.4 is 10.4 Å². The van der Waals surface area contributed by atoms with Gasteiger partial charge in [0.05, 0.1) is 10.6 Å². The maximum absolute atomic E-state index is 12.1. The molecule has 0 aliphatic carbocycles. The SMILES string of the molecule is Cc1[nH]c(=O)sc1-c1nc(C2CCOCC2)c(Cl)c(=O)[nH]1. The third-order valence-electron chi connectivity index (χ3n) is 3.54. The van der Waals surface area contributed by atoms with Gasteiger partial charge in [0.2, 0.25) is 0 Å². The first-order chi connectivity index (χ1) is 10.1. The molecule has 0 unspecified atom stereocenters. The second-order valence-corrected chi connectivity index (χ2v) is 6.33. The molecule has 0 radical (unpaired) electrons. The lowest BCUT2D eigenvalue weighted by atomic mass is 9.96. The van der Waals surface area contributed by atoms with E-state index in [1.165, 1.54) is 0 Å². The lowest BCUT2D eigenvalue weighted by Crippen LogP contribution is -2.20. The van der Waals surface area contributed by atoms with Gasteiger partial charge in [0.1, 0.15) is 5.02 Å². The summed E-state index contributed by atoms with van der Waals surface area (Å²) in [5.74, 6) is 0.509. The van der Waals surface area contributed by atoms with Crippen molar-refractivity contribution in [3.8, 4) is 10.7 Å². The van der Waals surface area contributed by atoms with Gasteiger partial charge in [-0.05, 0) is 19.8 Å². The van der Waals surface area contributed by atoms with E-state index in [1.54, 1.807) is 6.92 Å². The van der Waals surface area contributed by atoms with Crippen LogP contribution >= 0.6 is 22.9 Å². The Morgan fingerprint density at radius 2 is 2.00 bits per heavy atom. The third kappa shape index (κ3) is 2.81. The number of aromatic amines is 2. The van der Waals surface area contributed by atoms with Crippen LogP contribution in [-0.4, -0.2) is 28.2 Å². The van der Waals surface area contributed by atoms with Gasteiger partial charge < -0.3 is 14.7 Å². The Bertz CT molecular complexity index is 774. The number of aryl methyl sites for hydroxylation is 1. The first kappa shape index (κ1) is 14.5. The van der Waals surface area contributed by atoms with Gasteiger partial charge in [0.25, 0.3) is 5.56 Å². The number of halogens is 1. The van der Waals surface area contributed by atoms with Gasteiger partial charge in [-0.25, -0.2) is 4.98 Å². The summed E-state index contributed by atoms with van der Waals surface area (Å²) in [6, 6.07) is 0. The van der Waals surface area contributed by atoms with Crippen molar-refractivity contribution in [2.75, 3.05) is 13.2 Å². The van der Waals surface area contributed by atoms with Crippen LogP contribution in [0, 0.1) is 6.92 Å². The van der Waals surface area contributed by atoms with Crippen LogP contribution in [0.4, 0.5) is 0 Å². The molecule has 2 N–H and O–H groups in total. The minimum Gasteiger partial charge on any atom is -0.381 e. The molecule has 1 saturated heterocycles. The molecule has 2 aromatic heterocycles. The van der Waals surface area contributed by atoms with E-state index in [1.807, 2.05) is 0 Å². The summed E-state index contributed by atoms with van der Waals surface area (Å²) in [6.45, 7) is 3.05. The Hall–Kier alpha value is -1.44. The van der Waals surface area contributed by atoms with E-state index in [2.05, 4.69) is 15.0 Å². The van der Waals surface area contributed by atoms with E-state index in [9.17, 15) is 9.59 Å². The average Bonchev–Trinajstić information content (AvgIpc) is 2.81. The maximum atomic E-state index is 12.1. The van der Waals surface area contributed by atoms with Crippen LogP contribution in [0.15, 0.2) is 9.59 Å². The molecule has 0 saturated carbocycles. The molecule has 1 aliphatic heterocycles. The Kier molecular flexibility index (Phi) is 3.97. The molecule has 6 nitrogen and oxygen atoms in total. The monoisotopic (exact) mass is 327 g/mol. The molecule has 8 heteroatoms. The summed E-state index contributed by atoms with van der Waals surface area (Å²) < 4.78 is 5.33. The maximum Gasteiger partial charge on any atom is 0.305 e. The van der Waals surface area contributed by atoms with Gasteiger partial charge in [-0.3, -0.25) is 9.59 Å². The highest BCUT2D eigenvalue weighted by Crippen LogP contribution is 2.30. The van der Waals surface area contributed by atoms with Crippen molar-refractivity contribution in [3.63, 3.8) is 0 Å². The van der Waals surface area contributed by atoms with Crippen LogP contribution in [0.25, 0.3) is 10.7 Å². The van der Waals surface area contributed by atoms with Crippen molar-refractivity contribution in [1.82, 2.24) is 15.0 Å². The summed E-state index contributed by atoms with van der Waals surface area (Å²) in [7, 11) is 0. The molecule has 0 aromatic carbocycles. The standard InChI is InChI=1S/C13H14ClN3O3S/c1-6-10(21-13(19)15-6)11-16-9(8(14)12(18)17-11)7-2-4-20-5-3-7/h7H,2-5H2,1H3,(H,15,19)(H,16,17,18). The minimum atomic E-state index is -0.372. The quantitative estimate of drug-likeness (QED) is 0.883. The van der Waals surface area contributed by atoms with Crippen LogP contribution in [0.2, 0.25) is 5.02 Å². The normalized spacial score (nSPS) is 16.3. The summed E-state index contributed by atoms with van der Waals surface area (Å²) in [4.78, 5) is 33.8. The zero-order valence-corrected chi connectivity index (χ0v) is 12.9. The Morgan fingerprint density at radius 3 is 2.62 bits per heavy atom. The van der Waals surface area contributed by atoms with Crippen molar-refractivity contribution >= 4 is 22.9 Å². The molecule has 0 spiro atoms. The topological polar surface area (TPSA) is 87.8 Å². The van der Waals surface area contributed by atoms with Gasteiger partial charge in [0.15, 0.2) is 5.82 Å². The summed E-state index contributed by atoms with van der Waals surface area (Å²) in [5.41, 5.74) is 0.913. The predicted octanol–water partition coefficient (Wildman–Crippen LogP) is 2.04. The van der Waals surface area contributed by atoms with Crippen LogP contribution in [-0.2, 0) is 4.74 Å². The summed E-state index contributed by atoms with van der Waals surface area (Å²) >= 11 is 7.14. The van der Waals surface area contributed by atoms with Gasteiger partial charge in [-0.1, -0.05) is 22.9 Å². The molecule has 1 fully saturated rings. The van der Waals surface area contributed by atoms with Crippen LogP contribution in [0.5, 0.6) is 0 Å². The van der Waals surface area contributed by atoms with E-state index in [0.29, 0.717) is 35.3 Å². The molecule has 0 bridgehead atoms. The second-order valence-electron chi connectivity index (χ2n) is 4.97. The first-order valence-electron chi connectivity index (χ1n) is 6.64. The molecule has 112 valence electrons. The molecule has 0 amide bonds. The van der Waals surface area contributed by atoms with Crippen molar-refractivity contribution < 1.29 is 4.74 Å². The summed E-state index contributed by atoms with van der Waals surface area (Å²) in [5, 5.41) is 0.131. The smallest absolute Gasteiger partial charge is 0.305 e.